The molecule has 0 amide bonds. The van der Waals surface area contributed by atoms with Crippen molar-refractivity contribution in [3.8, 4) is 5.75 Å². The molecule has 1 aliphatic heterocycles. The van der Waals surface area contributed by atoms with Crippen molar-refractivity contribution in [3.05, 3.63) is 65.5 Å². The molecule has 1 aliphatic rings. The summed E-state index contributed by atoms with van der Waals surface area (Å²) in [5.41, 5.74) is 7.89. The van der Waals surface area contributed by atoms with Crippen LogP contribution in [0.5, 0.6) is 5.75 Å². The van der Waals surface area contributed by atoms with Crippen molar-refractivity contribution >= 4 is 12.4 Å². The van der Waals surface area contributed by atoms with Crippen molar-refractivity contribution in [1.82, 2.24) is 4.90 Å². The third-order valence-electron chi connectivity index (χ3n) is 4.79. The largest absolute Gasteiger partial charge is 0.489 e. The molecule has 1 unspecified atom stereocenters. The van der Waals surface area contributed by atoms with E-state index in [1.165, 1.54) is 11.6 Å². The van der Waals surface area contributed by atoms with E-state index in [1.807, 2.05) is 24.3 Å². The average molecular weight is 365 g/mol. The SMILES string of the molecule is CC1(CN)CCN(Cc2cccc(OCc3ccccc3F)c2)C1.Cl. The van der Waals surface area contributed by atoms with Gasteiger partial charge in [-0.2, -0.15) is 0 Å². The topological polar surface area (TPSA) is 38.5 Å². The molecule has 0 saturated carbocycles. The van der Waals surface area contributed by atoms with Gasteiger partial charge in [-0.1, -0.05) is 37.3 Å². The van der Waals surface area contributed by atoms with Gasteiger partial charge in [0.25, 0.3) is 0 Å². The lowest BCUT2D eigenvalue weighted by Crippen LogP contribution is -2.31. The fraction of sp³-hybridized carbons (Fsp3) is 0.400. The first-order valence-electron chi connectivity index (χ1n) is 8.46. The number of nitrogens with zero attached hydrogens (tertiary/aromatic N) is 1. The molecule has 1 atom stereocenters. The molecule has 0 radical (unpaired) electrons. The van der Waals surface area contributed by atoms with Crippen LogP contribution in [0.3, 0.4) is 0 Å². The Labute approximate surface area is 155 Å². The summed E-state index contributed by atoms with van der Waals surface area (Å²) in [7, 11) is 0. The molecule has 2 aromatic rings. The zero-order chi connectivity index (χ0) is 17.0. The average Bonchev–Trinajstić information content (AvgIpc) is 2.96. The first-order chi connectivity index (χ1) is 11.6. The van der Waals surface area contributed by atoms with E-state index in [4.69, 9.17) is 10.5 Å². The van der Waals surface area contributed by atoms with Gasteiger partial charge in [-0.05, 0) is 48.7 Å². The highest BCUT2D eigenvalue weighted by molar-refractivity contribution is 5.85. The van der Waals surface area contributed by atoms with Crippen LogP contribution in [0.25, 0.3) is 0 Å². The van der Waals surface area contributed by atoms with E-state index >= 15 is 0 Å². The molecule has 1 saturated heterocycles. The lowest BCUT2D eigenvalue weighted by molar-refractivity contribution is 0.272. The third kappa shape index (κ3) is 5.18. The van der Waals surface area contributed by atoms with Crippen molar-refractivity contribution in [2.45, 2.75) is 26.5 Å². The van der Waals surface area contributed by atoms with Crippen LogP contribution < -0.4 is 10.5 Å². The fourth-order valence-corrected chi connectivity index (χ4v) is 3.20. The van der Waals surface area contributed by atoms with Crippen LogP contribution in [0.2, 0.25) is 0 Å². The molecular weight excluding hydrogens is 339 g/mol. The lowest BCUT2D eigenvalue weighted by atomic mass is 9.90. The summed E-state index contributed by atoms with van der Waals surface area (Å²) in [5, 5.41) is 0. The van der Waals surface area contributed by atoms with Gasteiger partial charge >= 0.3 is 0 Å². The van der Waals surface area contributed by atoms with Gasteiger partial charge < -0.3 is 10.5 Å². The van der Waals surface area contributed by atoms with Crippen molar-refractivity contribution in [1.29, 1.82) is 0 Å². The van der Waals surface area contributed by atoms with Crippen LogP contribution >= 0.6 is 12.4 Å². The Bertz CT molecular complexity index is 697. The van der Waals surface area contributed by atoms with Crippen molar-refractivity contribution in [2.24, 2.45) is 11.1 Å². The van der Waals surface area contributed by atoms with E-state index in [9.17, 15) is 4.39 Å². The van der Waals surface area contributed by atoms with Crippen LogP contribution in [0.1, 0.15) is 24.5 Å². The number of halogens is 2. The van der Waals surface area contributed by atoms with E-state index in [-0.39, 0.29) is 30.2 Å². The van der Waals surface area contributed by atoms with Crippen LogP contribution in [0.15, 0.2) is 48.5 Å². The highest BCUT2D eigenvalue weighted by atomic mass is 35.5. The Morgan fingerprint density at radius 3 is 2.72 bits per heavy atom. The minimum Gasteiger partial charge on any atom is -0.489 e. The smallest absolute Gasteiger partial charge is 0.129 e. The van der Waals surface area contributed by atoms with E-state index in [1.54, 1.807) is 12.1 Å². The van der Waals surface area contributed by atoms with Gasteiger partial charge in [-0.25, -0.2) is 4.39 Å². The standard InChI is InChI=1S/C20H25FN2O.ClH/c1-20(14-22)9-10-23(15-20)12-16-5-4-7-18(11-16)24-13-17-6-2-3-8-19(17)21;/h2-8,11H,9-10,12-15,22H2,1H3;1H. The Kier molecular flexibility index (Phi) is 6.82. The number of benzene rings is 2. The number of likely N-dealkylation sites (tertiary alicyclic amines) is 1. The maximum Gasteiger partial charge on any atom is 0.129 e. The minimum absolute atomic E-state index is 0. The number of ether oxygens (including phenoxy) is 1. The van der Waals surface area contributed by atoms with Crippen molar-refractivity contribution in [2.75, 3.05) is 19.6 Å². The second-order valence-corrected chi connectivity index (χ2v) is 7.00. The van der Waals surface area contributed by atoms with Gasteiger partial charge in [0, 0.05) is 18.7 Å². The first-order valence-corrected chi connectivity index (χ1v) is 8.46. The van der Waals surface area contributed by atoms with E-state index in [2.05, 4.69) is 17.9 Å². The molecule has 2 N–H and O–H groups in total. The monoisotopic (exact) mass is 364 g/mol. The molecule has 1 heterocycles. The molecule has 0 spiro atoms. The quantitative estimate of drug-likeness (QED) is 0.842. The molecule has 0 aliphatic carbocycles. The number of nitrogens with two attached hydrogens (primary N) is 1. The van der Waals surface area contributed by atoms with Crippen LogP contribution in [0.4, 0.5) is 4.39 Å². The van der Waals surface area contributed by atoms with Gasteiger partial charge in [0.2, 0.25) is 0 Å². The number of hydrogen-bond acceptors (Lipinski definition) is 3. The molecule has 3 rings (SSSR count). The molecule has 1 fully saturated rings. The van der Waals surface area contributed by atoms with Crippen molar-refractivity contribution in [3.63, 3.8) is 0 Å². The Hall–Kier alpha value is -1.62. The summed E-state index contributed by atoms with van der Waals surface area (Å²) in [6, 6.07) is 14.8. The lowest BCUT2D eigenvalue weighted by Gasteiger charge is -2.22. The molecule has 0 bridgehead atoms. The van der Waals surface area contributed by atoms with Gasteiger partial charge in [-0.3, -0.25) is 4.90 Å². The predicted molar refractivity (Wildman–Crippen MR) is 101 cm³/mol. The second-order valence-electron chi connectivity index (χ2n) is 7.00. The first kappa shape index (κ1) is 19.7. The van der Waals surface area contributed by atoms with Crippen molar-refractivity contribution < 1.29 is 9.13 Å². The summed E-state index contributed by atoms with van der Waals surface area (Å²) in [6.45, 7) is 6.23. The highest BCUT2D eigenvalue weighted by Gasteiger charge is 2.32. The van der Waals surface area contributed by atoms with E-state index in [0.717, 1.165) is 38.3 Å². The highest BCUT2D eigenvalue weighted by Crippen LogP contribution is 2.29. The second kappa shape index (κ2) is 8.65. The molecule has 25 heavy (non-hydrogen) atoms. The third-order valence-corrected chi connectivity index (χ3v) is 4.79. The van der Waals surface area contributed by atoms with Crippen LogP contribution in [-0.2, 0) is 13.2 Å². The molecular formula is C20H26ClFN2O. The van der Waals surface area contributed by atoms with E-state index in [0.29, 0.717) is 5.56 Å². The summed E-state index contributed by atoms with van der Waals surface area (Å²) in [5.74, 6) is 0.545. The maximum absolute atomic E-state index is 13.7. The molecule has 0 aromatic heterocycles. The van der Waals surface area contributed by atoms with Gasteiger partial charge in [0.05, 0.1) is 0 Å². The predicted octanol–water partition coefficient (Wildman–Crippen LogP) is 4.00. The number of hydrogen-bond donors (Lipinski definition) is 1. The normalized spacial score (nSPS) is 20.3. The Morgan fingerprint density at radius 2 is 2.00 bits per heavy atom. The summed E-state index contributed by atoms with van der Waals surface area (Å²) in [6.07, 6.45) is 1.15. The van der Waals surface area contributed by atoms with E-state index < -0.39 is 0 Å². The van der Waals surface area contributed by atoms with Gasteiger partial charge in [0.1, 0.15) is 18.2 Å². The molecule has 3 nitrogen and oxygen atoms in total. The van der Waals surface area contributed by atoms with Gasteiger partial charge in [-0.15, -0.1) is 12.4 Å². The fourth-order valence-electron chi connectivity index (χ4n) is 3.20. The summed E-state index contributed by atoms with van der Waals surface area (Å²) >= 11 is 0. The zero-order valence-electron chi connectivity index (χ0n) is 14.6. The van der Waals surface area contributed by atoms with Crippen LogP contribution in [0, 0.1) is 11.2 Å². The molecule has 136 valence electrons. The van der Waals surface area contributed by atoms with Gasteiger partial charge in [0.15, 0.2) is 0 Å². The molecule has 5 heteroatoms. The Balaban J connectivity index is 0.00000225. The van der Waals surface area contributed by atoms with Crippen LogP contribution in [-0.4, -0.2) is 24.5 Å². The zero-order valence-corrected chi connectivity index (χ0v) is 15.4. The maximum atomic E-state index is 13.7. The summed E-state index contributed by atoms with van der Waals surface area (Å²) < 4.78 is 19.4. The number of rotatable bonds is 6. The molecule has 2 aromatic carbocycles. The summed E-state index contributed by atoms with van der Waals surface area (Å²) in [4.78, 5) is 2.43. The minimum atomic E-state index is -0.230. The Morgan fingerprint density at radius 1 is 1.20 bits per heavy atom.